The molecule has 0 saturated carbocycles. The highest BCUT2D eigenvalue weighted by Crippen LogP contribution is 2.34. The first-order valence-corrected chi connectivity index (χ1v) is 9.83. The van der Waals surface area contributed by atoms with E-state index in [1.54, 1.807) is 22.5 Å². The van der Waals surface area contributed by atoms with Crippen LogP contribution in [0.1, 0.15) is 23.3 Å². The normalized spacial score (nSPS) is 12.4. The molecule has 0 spiro atoms. The lowest BCUT2D eigenvalue weighted by Crippen LogP contribution is -2.22. The summed E-state index contributed by atoms with van der Waals surface area (Å²) in [5.41, 5.74) is 3.07. The second kappa shape index (κ2) is 7.61. The highest BCUT2D eigenvalue weighted by molar-refractivity contribution is 7.99. The molecule has 0 radical (unpaired) electrons. The van der Waals surface area contributed by atoms with Crippen molar-refractivity contribution in [2.45, 2.75) is 23.9 Å². The molecule has 28 heavy (non-hydrogen) atoms. The number of rotatable bonds is 5. The van der Waals surface area contributed by atoms with E-state index in [0.29, 0.717) is 21.9 Å². The van der Waals surface area contributed by atoms with Gasteiger partial charge in [0.1, 0.15) is 5.39 Å². The fourth-order valence-corrected chi connectivity index (χ4v) is 4.11. The Kier molecular flexibility index (Phi) is 5.02. The van der Waals surface area contributed by atoms with Gasteiger partial charge in [-0.2, -0.15) is 5.10 Å². The summed E-state index contributed by atoms with van der Waals surface area (Å²) in [6.07, 6.45) is 1.55. The summed E-state index contributed by atoms with van der Waals surface area (Å²) < 4.78 is 3.24. The third-order valence-electron chi connectivity index (χ3n) is 4.66. The molecule has 0 amide bonds. The molecule has 0 aliphatic carbocycles. The topological polar surface area (TPSA) is 72.9 Å². The molecule has 2 heterocycles. The minimum absolute atomic E-state index is 0.0400. The van der Waals surface area contributed by atoms with Gasteiger partial charge < -0.3 is 5.11 Å². The highest BCUT2D eigenvalue weighted by atomic mass is 32.2. The maximum atomic E-state index is 13.2. The summed E-state index contributed by atoms with van der Waals surface area (Å²) in [7, 11) is 1.78. The number of aliphatic hydroxyl groups is 1. The van der Waals surface area contributed by atoms with E-state index in [1.165, 1.54) is 11.8 Å². The lowest BCUT2D eigenvalue weighted by Gasteiger charge is -2.16. The Labute approximate surface area is 166 Å². The molecule has 1 atom stereocenters. The minimum atomic E-state index is -0.155. The molecular formula is C21H20N4O2S. The Bertz CT molecular complexity index is 1170. The van der Waals surface area contributed by atoms with E-state index in [1.807, 2.05) is 42.5 Å². The van der Waals surface area contributed by atoms with E-state index in [4.69, 9.17) is 4.98 Å². The van der Waals surface area contributed by atoms with Crippen molar-refractivity contribution in [2.24, 2.45) is 7.05 Å². The number of aryl methyl sites for hydroxylation is 1. The number of thioether (sulfide) groups is 1. The number of benzene rings is 2. The molecule has 4 aromatic rings. The Morgan fingerprint density at radius 1 is 1.11 bits per heavy atom. The van der Waals surface area contributed by atoms with Gasteiger partial charge in [-0.05, 0) is 30.2 Å². The smallest absolute Gasteiger partial charge is 0.269 e. The molecule has 1 N–H and O–H groups in total. The van der Waals surface area contributed by atoms with Crippen LogP contribution in [0.5, 0.6) is 0 Å². The van der Waals surface area contributed by atoms with Crippen LogP contribution >= 0.6 is 11.8 Å². The van der Waals surface area contributed by atoms with E-state index < -0.39 is 0 Å². The van der Waals surface area contributed by atoms with Crippen LogP contribution in [-0.4, -0.2) is 24.4 Å². The number of aromatic nitrogens is 4. The third kappa shape index (κ3) is 3.34. The van der Waals surface area contributed by atoms with Crippen LogP contribution in [0.4, 0.5) is 0 Å². The van der Waals surface area contributed by atoms with Crippen LogP contribution < -0.4 is 5.56 Å². The fraction of sp³-hybridized carbons (Fsp3) is 0.190. The summed E-state index contributed by atoms with van der Waals surface area (Å²) in [6.45, 7) is 2.06. The van der Waals surface area contributed by atoms with Crippen molar-refractivity contribution in [1.82, 2.24) is 19.3 Å². The van der Waals surface area contributed by atoms with Gasteiger partial charge in [0.2, 0.25) is 0 Å². The largest absolute Gasteiger partial charge is 0.392 e. The zero-order valence-corrected chi connectivity index (χ0v) is 16.4. The number of fused-ring (bicyclic) bond motifs is 1. The summed E-state index contributed by atoms with van der Waals surface area (Å²) in [5.74, 6) is 0. The van der Waals surface area contributed by atoms with Gasteiger partial charge in [-0.3, -0.25) is 14.0 Å². The molecule has 2 aromatic heterocycles. The summed E-state index contributed by atoms with van der Waals surface area (Å²) >= 11 is 1.53. The van der Waals surface area contributed by atoms with E-state index in [9.17, 15) is 9.90 Å². The zero-order valence-electron chi connectivity index (χ0n) is 15.6. The Balaban J connectivity index is 1.87. The average molecular weight is 392 g/mol. The van der Waals surface area contributed by atoms with Gasteiger partial charge >= 0.3 is 0 Å². The van der Waals surface area contributed by atoms with Crippen molar-refractivity contribution in [3.05, 3.63) is 82.3 Å². The molecule has 0 bridgehead atoms. The van der Waals surface area contributed by atoms with Crippen molar-refractivity contribution < 1.29 is 5.11 Å². The van der Waals surface area contributed by atoms with Crippen molar-refractivity contribution in [3.8, 4) is 5.69 Å². The van der Waals surface area contributed by atoms with Crippen LogP contribution in [0.25, 0.3) is 16.7 Å². The second-order valence-electron chi connectivity index (χ2n) is 6.54. The lowest BCUT2D eigenvalue weighted by molar-refractivity contribution is 0.282. The predicted molar refractivity (Wildman–Crippen MR) is 111 cm³/mol. The van der Waals surface area contributed by atoms with Crippen molar-refractivity contribution in [2.75, 3.05) is 0 Å². The predicted octanol–water partition coefficient (Wildman–Crippen LogP) is 3.46. The van der Waals surface area contributed by atoms with Gasteiger partial charge in [-0.1, -0.05) is 54.2 Å². The van der Waals surface area contributed by atoms with Gasteiger partial charge in [-0.25, -0.2) is 4.98 Å². The Hall–Kier alpha value is -2.90. The molecule has 1 unspecified atom stereocenters. The number of nitrogens with zero attached hydrogens (tertiary/aromatic N) is 4. The second-order valence-corrected chi connectivity index (χ2v) is 7.84. The van der Waals surface area contributed by atoms with Gasteiger partial charge in [0, 0.05) is 12.3 Å². The molecule has 4 rings (SSSR count). The molecule has 0 fully saturated rings. The van der Waals surface area contributed by atoms with Gasteiger partial charge in [0.25, 0.3) is 5.56 Å². The summed E-state index contributed by atoms with van der Waals surface area (Å²) in [6, 6.07) is 17.4. The van der Waals surface area contributed by atoms with Crippen LogP contribution in [0.2, 0.25) is 0 Å². The summed E-state index contributed by atoms with van der Waals surface area (Å²) in [5, 5.41) is 14.7. The Morgan fingerprint density at radius 2 is 1.82 bits per heavy atom. The summed E-state index contributed by atoms with van der Waals surface area (Å²) in [4.78, 5) is 18.0. The molecule has 142 valence electrons. The molecular weight excluding hydrogens is 372 g/mol. The first kappa shape index (κ1) is 18.5. The van der Waals surface area contributed by atoms with Crippen LogP contribution in [0.3, 0.4) is 0 Å². The quantitative estimate of drug-likeness (QED) is 0.416. The third-order valence-corrected chi connectivity index (χ3v) is 5.77. The lowest BCUT2D eigenvalue weighted by atomic mass is 10.2. The maximum absolute atomic E-state index is 13.2. The maximum Gasteiger partial charge on any atom is 0.269 e. The number of aliphatic hydroxyl groups excluding tert-OH is 1. The minimum Gasteiger partial charge on any atom is -0.392 e. The molecule has 2 aromatic carbocycles. The number of hydrogen-bond acceptors (Lipinski definition) is 5. The molecule has 0 aliphatic rings. The molecule has 7 heteroatoms. The van der Waals surface area contributed by atoms with E-state index in [-0.39, 0.29) is 17.4 Å². The van der Waals surface area contributed by atoms with Gasteiger partial charge in [0.15, 0.2) is 10.8 Å². The van der Waals surface area contributed by atoms with Gasteiger partial charge in [0.05, 0.1) is 18.5 Å². The first-order chi connectivity index (χ1) is 13.6. The zero-order chi connectivity index (χ0) is 19.7. The average Bonchev–Trinajstić information content (AvgIpc) is 3.10. The highest BCUT2D eigenvalue weighted by Gasteiger charge is 2.18. The Morgan fingerprint density at radius 3 is 2.50 bits per heavy atom. The van der Waals surface area contributed by atoms with E-state index >= 15 is 0 Å². The van der Waals surface area contributed by atoms with Crippen LogP contribution in [-0.2, 0) is 13.7 Å². The molecule has 6 nitrogen and oxygen atoms in total. The first-order valence-electron chi connectivity index (χ1n) is 8.95. The standard InChI is InChI=1S/C21H20N4O2S/c1-14(16-6-4-3-5-7-16)28-21-23-19-18(12-22-24(19)2)20(27)25(21)17-10-8-15(13-26)9-11-17/h3-12,14,26H,13H2,1-2H3. The van der Waals surface area contributed by atoms with Crippen molar-refractivity contribution in [1.29, 1.82) is 0 Å². The monoisotopic (exact) mass is 392 g/mol. The molecule has 0 aliphatic heterocycles. The van der Waals surface area contributed by atoms with Gasteiger partial charge in [-0.15, -0.1) is 0 Å². The van der Waals surface area contributed by atoms with Crippen LogP contribution in [0, 0.1) is 0 Å². The van der Waals surface area contributed by atoms with Crippen LogP contribution in [0.15, 0.2) is 70.7 Å². The van der Waals surface area contributed by atoms with Crippen molar-refractivity contribution in [3.63, 3.8) is 0 Å². The van der Waals surface area contributed by atoms with E-state index in [2.05, 4.69) is 24.2 Å². The van der Waals surface area contributed by atoms with E-state index in [0.717, 1.165) is 11.1 Å². The molecule has 0 saturated heterocycles. The van der Waals surface area contributed by atoms with Crippen molar-refractivity contribution >= 4 is 22.8 Å². The SMILES string of the molecule is CC(Sc1nc2c(cnn2C)c(=O)n1-c1ccc(CO)cc1)c1ccccc1. The number of hydrogen-bond donors (Lipinski definition) is 1. The fourth-order valence-electron chi connectivity index (χ4n) is 3.07.